The van der Waals surface area contributed by atoms with Gasteiger partial charge in [-0.1, -0.05) is 0 Å². The Bertz CT molecular complexity index is 412. The van der Waals surface area contributed by atoms with Gasteiger partial charge in [-0.05, 0) is 19.4 Å². The SMILES string of the molecule is COc1cc(NC(=O)[C@@H]2CCCN2)cc(OC)c1.Cl. The third-order valence-electron chi connectivity index (χ3n) is 3.00. The standard InChI is InChI=1S/C13H18N2O3.ClH/c1-17-10-6-9(7-11(8-10)18-2)15-13(16)12-4-3-5-14-12;/h6-8,12,14H,3-5H2,1-2H3,(H,15,16);1H/t12-;/m0./s1. The molecule has 6 heteroatoms. The van der Waals surface area contributed by atoms with Crippen molar-refractivity contribution in [3.63, 3.8) is 0 Å². The number of amides is 1. The van der Waals surface area contributed by atoms with Crippen molar-refractivity contribution >= 4 is 24.0 Å². The molecule has 0 unspecified atom stereocenters. The molecule has 1 aliphatic rings. The summed E-state index contributed by atoms with van der Waals surface area (Å²) in [5.41, 5.74) is 0.685. The average Bonchev–Trinajstić information content (AvgIpc) is 2.92. The van der Waals surface area contributed by atoms with Crippen LogP contribution in [0.2, 0.25) is 0 Å². The predicted molar refractivity (Wildman–Crippen MR) is 76.4 cm³/mol. The average molecular weight is 287 g/mol. The minimum atomic E-state index is -0.0952. The molecule has 0 aliphatic carbocycles. The molecular weight excluding hydrogens is 268 g/mol. The van der Waals surface area contributed by atoms with E-state index in [1.54, 1.807) is 32.4 Å². The molecule has 1 saturated heterocycles. The molecule has 1 aliphatic heterocycles. The first-order valence-electron chi connectivity index (χ1n) is 6.00. The minimum Gasteiger partial charge on any atom is -0.497 e. The number of halogens is 1. The van der Waals surface area contributed by atoms with Gasteiger partial charge in [0.05, 0.1) is 20.3 Å². The quantitative estimate of drug-likeness (QED) is 0.886. The van der Waals surface area contributed by atoms with Gasteiger partial charge in [-0.2, -0.15) is 0 Å². The number of carbonyl (C=O) groups is 1. The molecule has 0 bridgehead atoms. The summed E-state index contributed by atoms with van der Waals surface area (Å²) in [5, 5.41) is 6.03. The number of methoxy groups -OCH3 is 2. The Kier molecular flexibility index (Phi) is 5.92. The molecule has 5 nitrogen and oxygen atoms in total. The molecule has 2 N–H and O–H groups in total. The smallest absolute Gasteiger partial charge is 0.241 e. The fraction of sp³-hybridized carbons (Fsp3) is 0.462. The number of benzene rings is 1. The van der Waals surface area contributed by atoms with E-state index in [0.717, 1.165) is 19.4 Å². The lowest BCUT2D eigenvalue weighted by atomic mass is 10.2. The van der Waals surface area contributed by atoms with Crippen LogP contribution in [0.15, 0.2) is 18.2 Å². The maximum Gasteiger partial charge on any atom is 0.241 e. The van der Waals surface area contributed by atoms with Gasteiger partial charge < -0.3 is 20.1 Å². The first-order chi connectivity index (χ1) is 8.72. The molecular formula is C13H19ClN2O3. The number of ether oxygens (including phenoxy) is 2. The van der Waals surface area contributed by atoms with Crippen molar-refractivity contribution in [2.75, 3.05) is 26.1 Å². The summed E-state index contributed by atoms with van der Waals surface area (Å²) >= 11 is 0. The first-order valence-corrected chi connectivity index (χ1v) is 6.00. The fourth-order valence-corrected chi connectivity index (χ4v) is 2.02. The van der Waals surface area contributed by atoms with Crippen LogP contribution in [-0.2, 0) is 4.79 Å². The predicted octanol–water partition coefficient (Wildman–Crippen LogP) is 1.82. The largest absolute Gasteiger partial charge is 0.497 e. The molecule has 1 aromatic rings. The maximum atomic E-state index is 12.0. The Hall–Kier alpha value is -1.46. The monoisotopic (exact) mass is 286 g/mol. The summed E-state index contributed by atoms with van der Waals surface area (Å²) in [4.78, 5) is 12.0. The third kappa shape index (κ3) is 4.01. The lowest BCUT2D eigenvalue weighted by Gasteiger charge is -2.13. The minimum absolute atomic E-state index is 0. The summed E-state index contributed by atoms with van der Waals surface area (Å²) in [7, 11) is 3.16. The zero-order valence-corrected chi connectivity index (χ0v) is 11.9. The van der Waals surface area contributed by atoms with Crippen molar-refractivity contribution in [1.82, 2.24) is 5.32 Å². The molecule has 0 radical (unpaired) electrons. The molecule has 0 saturated carbocycles. The Balaban J connectivity index is 0.00000180. The van der Waals surface area contributed by atoms with E-state index in [1.807, 2.05) is 0 Å². The van der Waals surface area contributed by atoms with Crippen molar-refractivity contribution in [1.29, 1.82) is 0 Å². The van der Waals surface area contributed by atoms with Crippen LogP contribution in [0.3, 0.4) is 0 Å². The topological polar surface area (TPSA) is 59.6 Å². The summed E-state index contributed by atoms with van der Waals surface area (Å²) in [5.74, 6) is 1.30. The fourth-order valence-electron chi connectivity index (χ4n) is 2.02. The highest BCUT2D eigenvalue weighted by Gasteiger charge is 2.22. The van der Waals surface area contributed by atoms with Gasteiger partial charge in [0.25, 0.3) is 0 Å². The van der Waals surface area contributed by atoms with Crippen LogP contribution < -0.4 is 20.1 Å². The van der Waals surface area contributed by atoms with Crippen LogP contribution in [0.1, 0.15) is 12.8 Å². The van der Waals surface area contributed by atoms with Gasteiger partial charge >= 0.3 is 0 Å². The second kappa shape index (κ2) is 7.21. The van der Waals surface area contributed by atoms with Crippen LogP contribution in [0.4, 0.5) is 5.69 Å². The number of anilines is 1. The van der Waals surface area contributed by atoms with Crippen molar-refractivity contribution in [3.05, 3.63) is 18.2 Å². The second-order valence-corrected chi connectivity index (χ2v) is 4.24. The third-order valence-corrected chi connectivity index (χ3v) is 3.00. The number of nitrogens with one attached hydrogen (secondary N) is 2. The van der Waals surface area contributed by atoms with Gasteiger partial charge in [0.2, 0.25) is 5.91 Å². The van der Waals surface area contributed by atoms with E-state index in [9.17, 15) is 4.79 Å². The molecule has 0 aromatic heterocycles. The van der Waals surface area contributed by atoms with Crippen molar-refractivity contribution in [2.24, 2.45) is 0 Å². The van der Waals surface area contributed by atoms with E-state index >= 15 is 0 Å². The normalized spacial score (nSPS) is 17.5. The van der Waals surface area contributed by atoms with Crippen LogP contribution in [-0.4, -0.2) is 32.7 Å². The molecule has 1 aromatic carbocycles. The Labute approximate surface area is 119 Å². The van der Waals surface area contributed by atoms with E-state index in [0.29, 0.717) is 17.2 Å². The zero-order valence-electron chi connectivity index (χ0n) is 11.1. The number of rotatable bonds is 4. The Morgan fingerprint density at radius 2 is 1.89 bits per heavy atom. The van der Waals surface area contributed by atoms with Gasteiger partial charge in [-0.3, -0.25) is 4.79 Å². The Morgan fingerprint density at radius 1 is 1.26 bits per heavy atom. The van der Waals surface area contributed by atoms with E-state index < -0.39 is 0 Å². The molecule has 106 valence electrons. The van der Waals surface area contributed by atoms with Crippen molar-refractivity contribution in [3.8, 4) is 11.5 Å². The summed E-state index contributed by atoms with van der Waals surface area (Å²) in [6.45, 7) is 0.902. The first kappa shape index (κ1) is 15.6. The van der Waals surface area contributed by atoms with Gasteiger partial charge in [-0.25, -0.2) is 0 Å². The Morgan fingerprint density at radius 3 is 2.37 bits per heavy atom. The van der Waals surface area contributed by atoms with E-state index in [-0.39, 0.29) is 24.4 Å². The van der Waals surface area contributed by atoms with Gasteiger partial charge in [-0.15, -0.1) is 12.4 Å². The molecule has 1 amide bonds. The summed E-state index contributed by atoms with van der Waals surface area (Å²) < 4.78 is 10.3. The summed E-state index contributed by atoms with van der Waals surface area (Å²) in [6, 6.07) is 5.22. The molecule has 1 atom stereocenters. The lowest BCUT2D eigenvalue weighted by molar-refractivity contribution is -0.117. The second-order valence-electron chi connectivity index (χ2n) is 4.24. The summed E-state index contributed by atoms with van der Waals surface area (Å²) in [6.07, 6.45) is 1.92. The van der Waals surface area contributed by atoms with Crippen LogP contribution in [0.25, 0.3) is 0 Å². The van der Waals surface area contributed by atoms with E-state index in [4.69, 9.17) is 9.47 Å². The molecule has 0 spiro atoms. The van der Waals surface area contributed by atoms with Crippen molar-refractivity contribution < 1.29 is 14.3 Å². The molecule has 1 heterocycles. The van der Waals surface area contributed by atoms with Crippen molar-refractivity contribution in [2.45, 2.75) is 18.9 Å². The van der Waals surface area contributed by atoms with Gasteiger partial charge in [0.1, 0.15) is 11.5 Å². The highest BCUT2D eigenvalue weighted by molar-refractivity contribution is 5.95. The highest BCUT2D eigenvalue weighted by Crippen LogP contribution is 2.26. The molecule has 1 fully saturated rings. The van der Waals surface area contributed by atoms with Gasteiger partial charge in [0, 0.05) is 23.9 Å². The zero-order chi connectivity index (χ0) is 13.0. The lowest BCUT2D eigenvalue weighted by Crippen LogP contribution is -2.35. The van der Waals surface area contributed by atoms with E-state index in [2.05, 4.69) is 10.6 Å². The maximum absolute atomic E-state index is 12.0. The number of hydrogen-bond acceptors (Lipinski definition) is 4. The highest BCUT2D eigenvalue weighted by atomic mass is 35.5. The van der Waals surface area contributed by atoms with Crippen LogP contribution in [0, 0.1) is 0 Å². The van der Waals surface area contributed by atoms with Crippen LogP contribution >= 0.6 is 12.4 Å². The molecule has 2 rings (SSSR count). The number of hydrogen-bond donors (Lipinski definition) is 2. The number of carbonyl (C=O) groups excluding carboxylic acids is 1. The van der Waals surface area contributed by atoms with Crippen LogP contribution in [0.5, 0.6) is 11.5 Å². The van der Waals surface area contributed by atoms with E-state index in [1.165, 1.54) is 0 Å². The molecule has 19 heavy (non-hydrogen) atoms. The van der Waals surface area contributed by atoms with Gasteiger partial charge in [0.15, 0.2) is 0 Å².